The molecule has 0 bridgehead atoms. The number of thiazole rings is 1. The number of hydrogen-bond acceptors (Lipinski definition) is 4. The number of rotatable bonds is 2. The molecule has 1 unspecified atom stereocenters. The maximum absolute atomic E-state index is 13.6. The second-order valence-corrected chi connectivity index (χ2v) is 7.92. The van der Waals surface area contributed by atoms with Gasteiger partial charge in [-0.05, 0) is 17.7 Å². The molecule has 2 heterocycles. The van der Waals surface area contributed by atoms with E-state index < -0.39 is 0 Å². The molecule has 26 heavy (non-hydrogen) atoms. The summed E-state index contributed by atoms with van der Waals surface area (Å²) in [5.41, 5.74) is 1.21. The predicted molar refractivity (Wildman–Crippen MR) is 108 cm³/mol. The quantitative estimate of drug-likeness (QED) is 0.792. The first kappa shape index (κ1) is 22.8. The van der Waals surface area contributed by atoms with Crippen LogP contribution in [0.5, 0.6) is 0 Å². The van der Waals surface area contributed by atoms with Crippen LogP contribution in [0, 0.1) is 5.82 Å². The van der Waals surface area contributed by atoms with Crippen molar-refractivity contribution in [1.82, 2.24) is 15.2 Å². The molecule has 1 aromatic carbocycles. The van der Waals surface area contributed by atoms with Crippen molar-refractivity contribution < 1.29 is 9.18 Å². The number of hydrogen-bond donors (Lipinski definition) is 1. The summed E-state index contributed by atoms with van der Waals surface area (Å²) in [5, 5.41) is 6.06. The third-order valence-corrected chi connectivity index (χ3v) is 5.37. The molecule has 1 amide bonds. The average molecular weight is 420 g/mol. The predicted octanol–water partition coefficient (Wildman–Crippen LogP) is 4.21. The van der Waals surface area contributed by atoms with Gasteiger partial charge in [0, 0.05) is 30.4 Å². The molecule has 2 aromatic rings. The van der Waals surface area contributed by atoms with E-state index in [2.05, 4.69) is 31.1 Å². The Balaban J connectivity index is 0.00000169. The number of benzene rings is 1. The van der Waals surface area contributed by atoms with Crippen LogP contribution in [0.2, 0.25) is 0 Å². The molecule has 0 aliphatic carbocycles. The molecule has 1 aliphatic rings. The second-order valence-electron chi connectivity index (χ2n) is 7.06. The third-order valence-electron chi connectivity index (χ3n) is 4.10. The van der Waals surface area contributed by atoms with Crippen LogP contribution in [0.15, 0.2) is 29.6 Å². The van der Waals surface area contributed by atoms with E-state index >= 15 is 0 Å². The van der Waals surface area contributed by atoms with Crippen molar-refractivity contribution in [2.24, 2.45) is 0 Å². The van der Waals surface area contributed by atoms with Gasteiger partial charge in [-0.3, -0.25) is 4.79 Å². The van der Waals surface area contributed by atoms with Crippen LogP contribution in [-0.4, -0.2) is 35.4 Å². The second kappa shape index (κ2) is 9.13. The Bertz CT molecular complexity index is 748. The maximum Gasteiger partial charge on any atom is 0.273 e. The first-order valence-electron chi connectivity index (χ1n) is 8.09. The molecule has 0 saturated carbocycles. The van der Waals surface area contributed by atoms with Crippen molar-refractivity contribution in [3.8, 4) is 0 Å². The van der Waals surface area contributed by atoms with Gasteiger partial charge in [0.25, 0.3) is 5.91 Å². The number of halogens is 3. The molecule has 8 heteroatoms. The van der Waals surface area contributed by atoms with E-state index in [1.165, 1.54) is 23.5 Å². The summed E-state index contributed by atoms with van der Waals surface area (Å²) in [4.78, 5) is 19.3. The molecule has 0 radical (unpaired) electrons. The lowest BCUT2D eigenvalue weighted by atomic mass is 9.98. The summed E-state index contributed by atoms with van der Waals surface area (Å²) >= 11 is 1.51. The lowest BCUT2D eigenvalue weighted by Crippen LogP contribution is -2.48. The minimum atomic E-state index is -0.283. The molecule has 1 N–H and O–H groups in total. The molecular formula is C18H24Cl2FN3OS. The van der Waals surface area contributed by atoms with Gasteiger partial charge in [0.2, 0.25) is 0 Å². The zero-order valence-electron chi connectivity index (χ0n) is 15.0. The third kappa shape index (κ3) is 4.94. The minimum absolute atomic E-state index is 0. The molecule has 1 aromatic heterocycles. The highest BCUT2D eigenvalue weighted by atomic mass is 35.5. The Hall–Kier alpha value is -1.21. The normalized spacial score (nSPS) is 17.2. The van der Waals surface area contributed by atoms with Crippen molar-refractivity contribution in [3.05, 3.63) is 51.7 Å². The van der Waals surface area contributed by atoms with Gasteiger partial charge in [-0.1, -0.05) is 32.9 Å². The number of piperazine rings is 1. The van der Waals surface area contributed by atoms with Crippen LogP contribution in [0.3, 0.4) is 0 Å². The van der Waals surface area contributed by atoms with E-state index in [4.69, 9.17) is 0 Å². The van der Waals surface area contributed by atoms with Crippen molar-refractivity contribution in [3.63, 3.8) is 0 Å². The minimum Gasteiger partial charge on any atom is -0.328 e. The molecule has 1 aliphatic heterocycles. The molecule has 1 fully saturated rings. The Morgan fingerprint density at radius 1 is 1.35 bits per heavy atom. The number of amides is 1. The van der Waals surface area contributed by atoms with Gasteiger partial charge < -0.3 is 10.2 Å². The van der Waals surface area contributed by atoms with Crippen LogP contribution in [0.4, 0.5) is 4.39 Å². The molecule has 144 valence electrons. The zero-order chi connectivity index (χ0) is 17.3. The van der Waals surface area contributed by atoms with E-state index in [0.29, 0.717) is 18.8 Å². The summed E-state index contributed by atoms with van der Waals surface area (Å²) in [7, 11) is 0. The fourth-order valence-electron chi connectivity index (χ4n) is 2.82. The summed E-state index contributed by atoms with van der Waals surface area (Å²) in [6, 6.07) is 6.29. The Labute approximate surface area is 170 Å². The fraction of sp³-hybridized carbons (Fsp3) is 0.444. The summed E-state index contributed by atoms with van der Waals surface area (Å²) in [6.07, 6.45) is 0. The van der Waals surface area contributed by atoms with Crippen LogP contribution in [0.25, 0.3) is 0 Å². The summed E-state index contributed by atoms with van der Waals surface area (Å²) < 4.78 is 13.6. The van der Waals surface area contributed by atoms with E-state index in [1.54, 1.807) is 11.0 Å². The van der Waals surface area contributed by atoms with Gasteiger partial charge in [0.05, 0.1) is 11.0 Å². The fourth-order valence-corrected chi connectivity index (χ4v) is 3.70. The van der Waals surface area contributed by atoms with Gasteiger partial charge in [0.15, 0.2) is 0 Å². The van der Waals surface area contributed by atoms with Crippen LogP contribution < -0.4 is 5.32 Å². The first-order valence-corrected chi connectivity index (χ1v) is 8.97. The van der Waals surface area contributed by atoms with Crippen molar-refractivity contribution in [2.45, 2.75) is 32.2 Å². The SMILES string of the molecule is CC(C)(C)c1nc(C(=O)N2CCNCC2c2cccc(F)c2)cs1.Cl.Cl. The highest BCUT2D eigenvalue weighted by Crippen LogP contribution is 2.28. The smallest absolute Gasteiger partial charge is 0.273 e. The first-order chi connectivity index (χ1) is 11.4. The largest absolute Gasteiger partial charge is 0.328 e. The van der Waals surface area contributed by atoms with Gasteiger partial charge in [-0.2, -0.15) is 0 Å². The lowest BCUT2D eigenvalue weighted by molar-refractivity contribution is 0.0628. The molecule has 0 spiro atoms. The molecule has 4 nitrogen and oxygen atoms in total. The van der Waals surface area contributed by atoms with Gasteiger partial charge in [-0.15, -0.1) is 36.2 Å². The monoisotopic (exact) mass is 419 g/mol. The Morgan fingerprint density at radius 3 is 2.69 bits per heavy atom. The molecular weight excluding hydrogens is 396 g/mol. The van der Waals surface area contributed by atoms with Crippen molar-refractivity contribution in [2.75, 3.05) is 19.6 Å². The topological polar surface area (TPSA) is 45.2 Å². The van der Waals surface area contributed by atoms with E-state index in [0.717, 1.165) is 17.1 Å². The Kier molecular flexibility index (Phi) is 8.02. The summed E-state index contributed by atoms with van der Waals surface area (Å²) in [5.74, 6) is -0.369. The highest BCUT2D eigenvalue weighted by molar-refractivity contribution is 7.10. The van der Waals surface area contributed by atoms with E-state index in [1.807, 2.05) is 11.4 Å². The van der Waals surface area contributed by atoms with Crippen LogP contribution in [-0.2, 0) is 5.41 Å². The highest BCUT2D eigenvalue weighted by Gasteiger charge is 2.31. The van der Waals surface area contributed by atoms with Crippen molar-refractivity contribution in [1.29, 1.82) is 0 Å². The van der Waals surface area contributed by atoms with Gasteiger partial charge in [-0.25, -0.2) is 9.37 Å². The van der Waals surface area contributed by atoms with Crippen molar-refractivity contribution >= 4 is 42.1 Å². The van der Waals surface area contributed by atoms with Crippen LogP contribution >= 0.6 is 36.2 Å². The number of carbonyl (C=O) groups excluding carboxylic acids is 1. The zero-order valence-corrected chi connectivity index (χ0v) is 17.4. The van der Waals surface area contributed by atoms with E-state index in [9.17, 15) is 9.18 Å². The number of carbonyl (C=O) groups is 1. The molecule has 1 atom stereocenters. The standard InChI is InChI=1S/C18H22FN3OS.2ClH/c1-18(2,3)17-21-14(11-24-17)16(23)22-8-7-20-10-15(22)12-5-4-6-13(19)9-12;;/h4-6,9,11,15,20H,7-8,10H2,1-3H3;2*1H. The lowest BCUT2D eigenvalue weighted by Gasteiger charge is -2.36. The molecule has 3 rings (SSSR count). The van der Waals surface area contributed by atoms with Crippen LogP contribution in [0.1, 0.15) is 47.9 Å². The molecule has 1 saturated heterocycles. The number of nitrogens with zero attached hydrogens (tertiary/aromatic N) is 2. The number of nitrogens with one attached hydrogen (secondary N) is 1. The Morgan fingerprint density at radius 2 is 2.08 bits per heavy atom. The average Bonchev–Trinajstić information content (AvgIpc) is 3.04. The summed E-state index contributed by atoms with van der Waals surface area (Å²) in [6.45, 7) is 8.18. The van der Waals surface area contributed by atoms with E-state index in [-0.39, 0.29) is 48.0 Å². The van der Waals surface area contributed by atoms with Gasteiger partial charge in [0.1, 0.15) is 11.5 Å². The van der Waals surface area contributed by atoms with Gasteiger partial charge >= 0.3 is 0 Å². The number of aromatic nitrogens is 1. The maximum atomic E-state index is 13.6.